The van der Waals surface area contributed by atoms with Crippen molar-refractivity contribution in [2.45, 2.75) is 187 Å². The van der Waals surface area contributed by atoms with E-state index in [0.29, 0.717) is 12.8 Å². The Morgan fingerprint density at radius 3 is 1.49 bits per heavy atom. The zero-order valence-corrected chi connectivity index (χ0v) is 31.7. The number of allylic oxidation sites excluding steroid dienone is 2. The van der Waals surface area contributed by atoms with E-state index in [1.54, 1.807) is 0 Å². The number of ether oxygens (including phenoxy) is 2. The van der Waals surface area contributed by atoms with Gasteiger partial charge in [-0.2, -0.15) is 0 Å². The number of carboxylic acids is 1. The molecule has 0 radical (unpaired) electrons. The van der Waals surface area contributed by atoms with E-state index < -0.39 is 51.1 Å². The molecule has 0 aliphatic carbocycles. The van der Waals surface area contributed by atoms with Crippen LogP contribution in [0, 0.1) is 0 Å². The van der Waals surface area contributed by atoms with E-state index in [1.165, 1.54) is 83.5 Å². The van der Waals surface area contributed by atoms with Crippen molar-refractivity contribution in [2.75, 3.05) is 19.8 Å². The number of nitrogens with two attached hydrogens (primary N) is 1. The molecule has 0 bridgehead atoms. The summed E-state index contributed by atoms with van der Waals surface area (Å²) in [6.07, 6.45) is 30.3. The standard InChI is InChI=1S/C37H70NO10P/c1-3-5-7-9-11-12-13-14-15-16-17-18-19-20-21-22-23-25-27-29-36(40)48-33(30-45-35(39)28-26-24-10-8-6-4-2)31-46-49(43,44)47-32-34(38)37(41)42/h14-15,33-34H,3-13,16-32,38H2,1-2H3,(H,41,42)(H,43,44)/b15-14-. The Morgan fingerprint density at radius 2 is 1.02 bits per heavy atom. The fourth-order valence-corrected chi connectivity index (χ4v) is 5.95. The molecule has 0 aromatic rings. The van der Waals surface area contributed by atoms with Crippen LogP contribution >= 0.6 is 7.82 Å². The summed E-state index contributed by atoms with van der Waals surface area (Å²) in [6.45, 7) is 2.71. The van der Waals surface area contributed by atoms with Crippen molar-refractivity contribution in [3.8, 4) is 0 Å². The van der Waals surface area contributed by atoms with Gasteiger partial charge in [0.2, 0.25) is 0 Å². The average molecular weight is 720 g/mol. The van der Waals surface area contributed by atoms with Gasteiger partial charge in [0.25, 0.3) is 0 Å². The summed E-state index contributed by atoms with van der Waals surface area (Å²) in [5.41, 5.74) is 5.30. The number of phosphoric acid groups is 1. The maximum absolute atomic E-state index is 12.5. The highest BCUT2D eigenvalue weighted by atomic mass is 31.2. The molecule has 0 saturated heterocycles. The third-order valence-electron chi connectivity index (χ3n) is 8.26. The molecule has 0 aromatic carbocycles. The lowest BCUT2D eigenvalue weighted by Crippen LogP contribution is -2.34. The molecular weight excluding hydrogens is 649 g/mol. The van der Waals surface area contributed by atoms with Crippen LogP contribution in [-0.2, 0) is 37.5 Å². The lowest BCUT2D eigenvalue weighted by molar-refractivity contribution is -0.161. The van der Waals surface area contributed by atoms with Crippen LogP contribution in [0.3, 0.4) is 0 Å². The van der Waals surface area contributed by atoms with Crippen molar-refractivity contribution >= 4 is 25.7 Å². The predicted octanol–water partition coefficient (Wildman–Crippen LogP) is 9.34. The summed E-state index contributed by atoms with van der Waals surface area (Å²) >= 11 is 0. The molecule has 0 heterocycles. The van der Waals surface area contributed by atoms with E-state index in [1.807, 2.05) is 0 Å². The number of hydrogen-bond donors (Lipinski definition) is 3. The van der Waals surface area contributed by atoms with Crippen LogP contribution < -0.4 is 5.73 Å². The molecule has 0 aliphatic rings. The minimum atomic E-state index is -4.70. The van der Waals surface area contributed by atoms with Crippen molar-refractivity contribution < 1.29 is 47.5 Å². The molecule has 288 valence electrons. The van der Waals surface area contributed by atoms with Gasteiger partial charge in [0.1, 0.15) is 12.6 Å². The minimum Gasteiger partial charge on any atom is -0.480 e. The first-order valence-electron chi connectivity index (χ1n) is 19.2. The Labute approximate surface area is 297 Å². The van der Waals surface area contributed by atoms with Crippen LogP contribution in [0.1, 0.15) is 174 Å². The fraction of sp³-hybridized carbons (Fsp3) is 0.865. The SMILES string of the molecule is CCCCCCCC/C=C\CCCCCCCCCCCC(=O)OC(COC(=O)CCCCCCCC)COP(=O)(O)OCC(N)C(=O)O. The molecule has 3 unspecified atom stereocenters. The average Bonchev–Trinajstić information content (AvgIpc) is 3.07. The van der Waals surface area contributed by atoms with Gasteiger partial charge in [0, 0.05) is 12.8 Å². The minimum absolute atomic E-state index is 0.162. The number of hydrogen-bond acceptors (Lipinski definition) is 9. The van der Waals surface area contributed by atoms with Crippen LogP contribution in [-0.4, -0.2) is 59.9 Å². The van der Waals surface area contributed by atoms with E-state index in [4.69, 9.17) is 24.8 Å². The molecule has 4 N–H and O–H groups in total. The number of carbonyl (C=O) groups is 3. The molecule has 12 heteroatoms. The first kappa shape index (κ1) is 47.2. The number of esters is 2. The van der Waals surface area contributed by atoms with E-state index in [9.17, 15) is 23.8 Å². The van der Waals surface area contributed by atoms with Crippen LogP contribution in [0.4, 0.5) is 0 Å². The van der Waals surface area contributed by atoms with Crippen molar-refractivity contribution in [3.63, 3.8) is 0 Å². The first-order chi connectivity index (χ1) is 23.6. The Balaban J connectivity index is 4.26. The normalized spacial score (nSPS) is 14.0. The van der Waals surface area contributed by atoms with Gasteiger partial charge in [-0.05, 0) is 38.5 Å². The highest BCUT2D eigenvalue weighted by molar-refractivity contribution is 7.47. The Hall–Kier alpha value is -1.78. The fourth-order valence-electron chi connectivity index (χ4n) is 5.18. The van der Waals surface area contributed by atoms with E-state index in [2.05, 4.69) is 30.5 Å². The zero-order chi connectivity index (χ0) is 36.4. The molecule has 0 saturated carbocycles. The van der Waals surface area contributed by atoms with Gasteiger partial charge in [0.15, 0.2) is 6.10 Å². The van der Waals surface area contributed by atoms with Gasteiger partial charge in [-0.25, -0.2) is 4.57 Å². The van der Waals surface area contributed by atoms with Crippen LogP contribution in [0.5, 0.6) is 0 Å². The van der Waals surface area contributed by atoms with Crippen LogP contribution in [0.15, 0.2) is 12.2 Å². The summed E-state index contributed by atoms with van der Waals surface area (Å²) in [5, 5.41) is 8.83. The Bertz CT molecular complexity index is 900. The molecule has 0 amide bonds. The topological polar surface area (TPSA) is 172 Å². The van der Waals surface area contributed by atoms with Gasteiger partial charge in [0.05, 0.1) is 13.2 Å². The second-order valence-electron chi connectivity index (χ2n) is 13.1. The summed E-state index contributed by atoms with van der Waals surface area (Å²) < 4.78 is 32.4. The molecule has 3 atom stereocenters. The number of aliphatic carboxylic acids is 1. The Kier molecular flexibility index (Phi) is 32.2. The maximum Gasteiger partial charge on any atom is 0.472 e. The lowest BCUT2D eigenvalue weighted by atomic mass is 10.1. The highest BCUT2D eigenvalue weighted by Crippen LogP contribution is 2.43. The molecule has 0 aliphatic heterocycles. The summed E-state index contributed by atoms with van der Waals surface area (Å²) in [6, 6.07) is -1.52. The number of phosphoric ester groups is 1. The molecule has 0 spiro atoms. The maximum atomic E-state index is 12.5. The quantitative estimate of drug-likeness (QED) is 0.0244. The van der Waals surface area contributed by atoms with Crippen LogP contribution in [0.2, 0.25) is 0 Å². The molecular formula is C37H70NO10P. The number of carboxylic acid groups (broad SMARTS) is 1. The second-order valence-corrected chi connectivity index (χ2v) is 14.5. The van der Waals surface area contributed by atoms with Gasteiger partial charge in [-0.1, -0.05) is 135 Å². The predicted molar refractivity (Wildman–Crippen MR) is 194 cm³/mol. The number of carbonyl (C=O) groups excluding carboxylic acids is 2. The molecule has 49 heavy (non-hydrogen) atoms. The summed E-state index contributed by atoms with van der Waals surface area (Å²) in [7, 11) is -4.70. The number of unbranched alkanes of at least 4 members (excludes halogenated alkanes) is 20. The van der Waals surface area contributed by atoms with Gasteiger partial charge >= 0.3 is 25.7 Å². The smallest absolute Gasteiger partial charge is 0.472 e. The van der Waals surface area contributed by atoms with Crippen molar-refractivity contribution in [1.29, 1.82) is 0 Å². The third-order valence-corrected chi connectivity index (χ3v) is 9.21. The van der Waals surface area contributed by atoms with E-state index >= 15 is 0 Å². The van der Waals surface area contributed by atoms with Crippen LogP contribution in [0.25, 0.3) is 0 Å². The van der Waals surface area contributed by atoms with E-state index in [0.717, 1.165) is 51.4 Å². The zero-order valence-electron chi connectivity index (χ0n) is 30.8. The van der Waals surface area contributed by atoms with Gasteiger partial charge in [-0.3, -0.25) is 23.4 Å². The van der Waals surface area contributed by atoms with Gasteiger partial charge < -0.3 is 25.2 Å². The first-order valence-corrected chi connectivity index (χ1v) is 20.7. The number of rotatable bonds is 36. The largest absolute Gasteiger partial charge is 0.480 e. The molecule has 0 rings (SSSR count). The van der Waals surface area contributed by atoms with Gasteiger partial charge in [-0.15, -0.1) is 0 Å². The molecule has 0 aromatic heterocycles. The second kappa shape index (κ2) is 33.4. The monoisotopic (exact) mass is 719 g/mol. The van der Waals surface area contributed by atoms with Crippen molar-refractivity contribution in [1.82, 2.24) is 0 Å². The molecule has 11 nitrogen and oxygen atoms in total. The molecule has 0 fully saturated rings. The summed E-state index contributed by atoms with van der Waals surface area (Å²) in [4.78, 5) is 45.5. The lowest BCUT2D eigenvalue weighted by Gasteiger charge is -2.20. The van der Waals surface area contributed by atoms with Crippen molar-refractivity contribution in [3.05, 3.63) is 12.2 Å². The highest BCUT2D eigenvalue weighted by Gasteiger charge is 2.28. The third kappa shape index (κ3) is 33.1. The Morgan fingerprint density at radius 1 is 0.612 bits per heavy atom. The van der Waals surface area contributed by atoms with E-state index in [-0.39, 0.29) is 19.4 Å². The van der Waals surface area contributed by atoms with Crippen molar-refractivity contribution in [2.24, 2.45) is 5.73 Å². The summed E-state index contributed by atoms with van der Waals surface area (Å²) in [5.74, 6) is -2.39.